The molecule has 4 rings (SSSR count). The minimum absolute atomic E-state index is 0.00349. The lowest BCUT2D eigenvalue weighted by Crippen LogP contribution is -2.60. The lowest BCUT2D eigenvalue weighted by atomic mass is 10.0. The van der Waals surface area contributed by atoms with Gasteiger partial charge in [-0.05, 0) is 126 Å². The van der Waals surface area contributed by atoms with Gasteiger partial charge in [-0.15, -0.1) is 0 Å². The number of unbranched alkanes of at least 4 members (excludes halogenated alkanes) is 1. The monoisotopic (exact) mass is 1200 g/mol. The Morgan fingerprint density at radius 2 is 1.25 bits per heavy atom. The van der Waals surface area contributed by atoms with Crippen LogP contribution < -0.4 is 60.2 Å². The number of hydrogen-bond acceptors (Lipinski definition) is 17. The minimum Gasteiger partial charge on any atom is -0.508 e. The maximum absolute atomic E-state index is 14.7. The lowest BCUT2D eigenvalue weighted by Gasteiger charge is -2.32. The third-order valence-corrected chi connectivity index (χ3v) is 14.9. The van der Waals surface area contributed by atoms with E-state index >= 15 is 0 Å². The van der Waals surface area contributed by atoms with E-state index in [-0.39, 0.29) is 102 Å². The zero-order valence-electron chi connectivity index (χ0n) is 48.2. The van der Waals surface area contributed by atoms with Crippen LogP contribution in [0.2, 0.25) is 0 Å². The highest BCUT2D eigenvalue weighted by atomic mass is 32.2. The van der Waals surface area contributed by atoms with E-state index in [1.54, 1.807) is 12.1 Å². The first-order valence-corrected chi connectivity index (χ1v) is 29.7. The van der Waals surface area contributed by atoms with Gasteiger partial charge in [-0.25, -0.2) is 9.78 Å². The maximum Gasteiger partial charge on any atom is 0.326 e. The highest BCUT2D eigenvalue weighted by Crippen LogP contribution is 2.24. The molecule has 0 unspecified atom stereocenters. The molecule has 2 fully saturated rings. The first-order valence-electron chi connectivity index (χ1n) is 28.3. The summed E-state index contributed by atoms with van der Waals surface area (Å²) in [5.74, 6) is -7.59. The van der Waals surface area contributed by atoms with Crippen molar-refractivity contribution in [3.8, 4) is 5.75 Å². The summed E-state index contributed by atoms with van der Waals surface area (Å²) in [6.45, 7) is 4.85. The molecule has 0 radical (unpaired) electrons. The predicted molar refractivity (Wildman–Crippen MR) is 311 cm³/mol. The summed E-state index contributed by atoms with van der Waals surface area (Å²) >= 11 is 1.42. The molecule has 1 aromatic heterocycles. The third-order valence-electron chi connectivity index (χ3n) is 14.3. The highest BCUT2D eigenvalue weighted by molar-refractivity contribution is 7.98. The van der Waals surface area contributed by atoms with Crippen molar-refractivity contribution in [1.82, 2.24) is 57.0 Å². The number of aromatic hydroxyl groups is 1. The van der Waals surface area contributed by atoms with Crippen LogP contribution in [0.4, 0.5) is 0 Å². The van der Waals surface area contributed by atoms with Crippen molar-refractivity contribution < 1.29 is 63.3 Å². The molecule has 84 heavy (non-hydrogen) atoms. The van der Waals surface area contributed by atoms with E-state index in [0.29, 0.717) is 42.7 Å². The fraction of sp³-hybridized carbons (Fsp3) is 0.630. The molecule has 19 N–H and O–H groups in total. The van der Waals surface area contributed by atoms with E-state index in [2.05, 4.69) is 52.2 Å². The van der Waals surface area contributed by atoms with Gasteiger partial charge >= 0.3 is 5.97 Å². The van der Waals surface area contributed by atoms with Crippen LogP contribution in [0.25, 0.3) is 0 Å². The number of carboxylic acids is 1. The van der Waals surface area contributed by atoms with Crippen LogP contribution in [0.3, 0.4) is 0 Å². The number of benzene rings is 1. The first-order chi connectivity index (χ1) is 40.0. The van der Waals surface area contributed by atoms with E-state index in [9.17, 15) is 63.3 Å². The number of nitrogens with two attached hydrogens (primary N) is 4. The number of aliphatic carboxylic acids is 1. The molecule has 9 amide bonds. The zero-order chi connectivity index (χ0) is 62.0. The smallest absolute Gasteiger partial charge is 0.326 e. The molecule has 0 spiro atoms. The number of imidazole rings is 1. The Kier molecular flexibility index (Phi) is 28.6. The number of H-pyrrole nitrogens is 1. The molecular weight excluding hydrogens is 1110 g/mol. The largest absolute Gasteiger partial charge is 0.508 e. The first kappa shape index (κ1) is 68.9. The van der Waals surface area contributed by atoms with E-state index in [4.69, 9.17) is 22.9 Å². The molecular formula is C54H86N16O13S. The number of nitrogens with zero attached hydrogens (tertiary/aromatic N) is 4. The molecule has 466 valence electrons. The number of carbonyl (C=O) groups excluding carboxylic acids is 9. The second kappa shape index (κ2) is 34.9. The second-order valence-electron chi connectivity index (χ2n) is 21.4. The molecule has 10 atom stereocenters. The van der Waals surface area contributed by atoms with Crippen molar-refractivity contribution in [2.24, 2.45) is 33.8 Å². The lowest BCUT2D eigenvalue weighted by molar-refractivity contribution is -0.145. The Balaban J connectivity index is 1.46. The van der Waals surface area contributed by atoms with Gasteiger partial charge in [-0.3, -0.25) is 48.1 Å². The predicted octanol–water partition coefficient (Wildman–Crippen LogP) is -3.32. The van der Waals surface area contributed by atoms with Gasteiger partial charge in [0.15, 0.2) is 5.96 Å². The molecule has 0 bridgehead atoms. The van der Waals surface area contributed by atoms with Gasteiger partial charge in [0.05, 0.1) is 19.0 Å². The average molecular weight is 1200 g/mol. The van der Waals surface area contributed by atoms with Crippen LogP contribution >= 0.6 is 11.8 Å². The Bertz CT molecular complexity index is 2560. The molecule has 0 saturated carbocycles. The summed E-state index contributed by atoms with van der Waals surface area (Å²) in [5.41, 5.74) is 23.6. The van der Waals surface area contributed by atoms with Crippen molar-refractivity contribution >= 4 is 76.9 Å². The van der Waals surface area contributed by atoms with Gasteiger partial charge < -0.3 is 90.3 Å². The van der Waals surface area contributed by atoms with E-state index in [0.717, 1.165) is 0 Å². The van der Waals surface area contributed by atoms with Gasteiger partial charge in [-0.1, -0.05) is 26.0 Å². The molecule has 1 aromatic carbocycles. The van der Waals surface area contributed by atoms with E-state index < -0.39 is 126 Å². The number of hydrogen-bond donors (Lipinski definition) is 15. The highest BCUT2D eigenvalue weighted by Gasteiger charge is 2.43. The van der Waals surface area contributed by atoms with Crippen LogP contribution in [0, 0.1) is 5.92 Å². The molecule has 29 nitrogen and oxygen atoms in total. The van der Waals surface area contributed by atoms with Gasteiger partial charge in [0, 0.05) is 37.9 Å². The number of aliphatic hydroxyl groups excluding tert-OH is 1. The van der Waals surface area contributed by atoms with Crippen molar-refractivity contribution in [3.05, 3.63) is 48.0 Å². The van der Waals surface area contributed by atoms with E-state index in [1.165, 1.54) is 53.1 Å². The average Bonchev–Trinajstić information content (AvgIpc) is 4.43. The molecule has 30 heteroatoms. The number of likely N-dealkylation sites (tertiary alicyclic amines) is 2. The van der Waals surface area contributed by atoms with Gasteiger partial charge in [0.1, 0.15) is 60.1 Å². The number of carbonyl (C=O) groups is 10. The van der Waals surface area contributed by atoms with Crippen LogP contribution in [-0.2, 0) is 60.8 Å². The fourth-order valence-electron chi connectivity index (χ4n) is 9.75. The van der Waals surface area contributed by atoms with Crippen molar-refractivity contribution in [3.63, 3.8) is 0 Å². The van der Waals surface area contributed by atoms with Crippen LogP contribution in [0.15, 0.2) is 41.8 Å². The quantitative estimate of drug-likeness (QED) is 0.0182. The van der Waals surface area contributed by atoms with E-state index in [1.807, 2.05) is 20.1 Å². The third kappa shape index (κ3) is 21.9. The number of carboxylic acid groups (broad SMARTS) is 1. The second-order valence-corrected chi connectivity index (χ2v) is 22.4. The Labute approximate surface area is 492 Å². The number of thioether (sulfide) groups is 1. The van der Waals surface area contributed by atoms with Gasteiger partial charge in [0.25, 0.3) is 0 Å². The summed E-state index contributed by atoms with van der Waals surface area (Å²) in [7, 11) is 0. The maximum atomic E-state index is 14.7. The summed E-state index contributed by atoms with van der Waals surface area (Å²) in [5, 5.41) is 47.9. The van der Waals surface area contributed by atoms with Crippen LogP contribution in [0.1, 0.15) is 103 Å². The summed E-state index contributed by atoms with van der Waals surface area (Å²) in [4.78, 5) is 151. The fourth-order valence-corrected chi connectivity index (χ4v) is 10.2. The number of amides is 9. The Morgan fingerprint density at radius 1 is 0.702 bits per heavy atom. The number of aromatic nitrogens is 2. The minimum atomic E-state index is -1.55. The molecule has 0 aliphatic carbocycles. The molecule has 2 saturated heterocycles. The normalized spacial score (nSPS) is 17.7. The zero-order valence-corrected chi connectivity index (χ0v) is 49.0. The van der Waals surface area contributed by atoms with Crippen molar-refractivity contribution in [2.75, 3.05) is 44.8 Å². The molecule has 2 aliphatic heterocycles. The number of aromatic amines is 1. The summed E-state index contributed by atoms with van der Waals surface area (Å²) in [6, 6.07) is -6.23. The number of aliphatic imine (C=N–C) groups is 1. The number of guanidine groups is 1. The van der Waals surface area contributed by atoms with Crippen molar-refractivity contribution in [1.29, 1.82) is 0 Å². The standard InChI is InChI=1S/C54H86N16O13S/c1-30(2)24-39(46(75)62-31(3)44(73)65-38(53(82)83)11-7-20-60-54(57)58)67-50(79)43-13-9-22-70(43)52(81)37(18-23-84-4)64-49(78)42-12-8-21-69(42)51(80)36(10-5-6-19-55)63-47(76)40(26-33-27-59-29-61-33)66-48(77)41(28-71)68-45(74)35(56)25-32-14-16-34(72)17-15-32/h14-17,27,29-31,35-43,71-72H,5-13,18-26,28,55-56H2,1-4H3,(H,59,61)(H,62,75)(H,63,76)(H,64,78)(H,65,73)(H,66,77)(H,67,79)(H,68,74)(H,82,83)(H4,57,58,60)/t31-,35+,36+,37+,38+,39+,40+,41+,42+,43+/m1/s1. The topological polar surface area (TPSA) is 467 Å². The number of phenols is 1. The van der Waals surface area contributed by atoms with Crippen molar-refractivity contribution in [2.45, 2.75) is 165 Å². The number of nitrogens with one attached hydrogen (secondary N) is 8. The summed E-state index contributed by atoms with van der Waals surface area (Å²) in [6.07, 6.45) is 7.26. The Morgan fingerprint density at radius 3 is 1.80 bits per heavy atom. The van der Waals surface area contributed by atoms with Gasteiger partial charge in [-0.2, -0.15) is 11.8 Å². The van der Waals surface area contributed by atoms with Crippen LogP contribution in [-0.4, -0.2) is 205 Å². The van der Waals surface area contributed by atoms with Crippen LogP contribution in [0.5, 0.6) is 5.75 Å². The molecule has 2 aromatic rings. The van der Waals surface area contributed by atoms with Gasteiger partial charge in [0.2, 0.25) is 53.2 Å². The molecule has 2 aliphatic rings. The summed E-state index contributed by atoms with van der Waals surface area (Å²) < 4.78 is 0. The molecule has 3 heterocycles. The SMILES string of the molecule is CSCC[C@H](NC(=O)[C@@H]1CCCN1C(=O)[C@H](CCCCN)NC(=O)[C@H](Cc1cnc[nH]1)NC(=O)[C@H](CO)NC(=O)[C@@H](N)Cc1ccc(O)cc1)C(=O)N1CCC[C@H]1C(=O)N[C@@H](CC(C)C)C(=O)N[C@H](C)C(=O)N[C@@H](CCCN=C(N)N)C(=O)O. The number of aliphatic hydroxyl groups is 1. The number of rotatable bonds is 35. The number of phenolic OH excluding ortho intramolecular Hbond substituents is 1. The Hall–Kier alpha value is -7.57.